The van der Waals surface area contributed by atoms with Crippen LogP contribution in [0.2, 0.25) is 0 Å². The predicted octanol–water partition coefficient (Wildman–Crippen LogP) is 2.30. The van der Waals surface area contributed by atoms with Gasteiger partial charge in [0.2, 0.25) is 0 Å². The molecule has 2 aromatic heterocycles. The molecule has 0 aliphatic rings. The average molecular weight is 250 g/mol. The number of nitrogens with zero attached hydrogens (tertiary/aromatic N) is 3. The molecule has 2 aromatic rings. The summed E-state index contributed by atoms with van der Waals surface area (Å²) >= 11 is 1.75. The van der Waals surface area contributed by atoms with Gasteiger partial charge in [-0.25, -0.2) is 4.98 Å². The Hall–Kier alpha value is -1.20. The van der Waals surface area contributed by atoms with Crippen molar-refractivity contribution in [2.24, 2.45) is 5.73 Å². The summed E-state index contributed by atoms with van der Waals surface area (Å²) in [5, 5.41) is 4.21. The maximum atomic E-state index is 6.19. The molecule has 0 aromatic carbocycles. The number of nitrogens with two attached hydrogens (primary N) is 1. The summed E-state index contributed by atoms with van der Waals surface area (Å²) in [5.41, 5.74) is 6.19. The molecule has 17 heavy (non-hydrogen) atoms. The molecule has 0 aliphatic heterocycles. The lowest BCUT2D eigenvalue weighted by Crippen LogP contribution is -2.16. The lowest BCUT2D eigenvalue weighted by atomic mass is 10.2. The molecule has 1 unspecified atom stereocenters. The van der Waals surface area contributed by atoms with Crippen LogP contribution < -0.4 is 5.73 Å². The van der Waals surface area contributed by atoms with Crippen LogP contribution in [0.1, 0.15) is 35.0 Å². The highest BCUT2D eigenvalue weighted by molar-refractivity contribution is 7.12. The van der Waals surface area contributed by atoms with Gasteiger partial charge in [0.1, 0.15) is 12.2 Å². The second-order valence-electron chi connectivity index (χ2n) is 4.16. The zero-order valence-corrected chi connectivity index (χ0v) is 11.1. The Bertz CT molecular complexity index is 474. The first kappa shape index (κ1) is 12.3. The Morgan fingerprint density at radius 3 is 2.94 bits per heavy atom. The van der Waals surface area contributed by atoms with Crippen molar-refractivity contribution in [3.63, 3.8) is 0 Å². The van der Waals surface area contributed by atoms with Crippen molar-refractivity contribution in [3.8, 4) is 0 Å². The van der Waals surface area contributed by atoms with Gasteiger partial charge >= 0.3 is 0 Å². The first-order valence-corrected chi connectivity index (χ1v) is 6.71. The molecular formula is C12H18N4S. The molecule has 0 saturated heterocycles. The SMILES string of the molecule is CCCn1ncnc1CC(N)c1ccc(C)s1. The summed E-state index contributed by atoms with van der Waals surface area (Å²) in [5.74, 6) is 0.977. The topological polar surface area (TPSA) is 56.7 Å². The third-order valence-corrected chi connectivity index (χ3v) is 3.79. The van der Waals surface area contributed by atoms with Gasteiger partial charge in [0, 0.05) is 28.8 Å². The van der Waals surface area contributed by atoms with Crippen molar-refractivity contribution in [1.82, 2.24) is 14.8 Å². The highest BCUT2D eigenvalue weighted by Crippen LogP contribution is 2.23. The molecule has 0 radical (unpaired) electrons. The van der Waals surface area contributed by atoms with Crippen LogP contribution in [-0.4, -0.2) is 14.8 Å². The lowest BCUT2D eigenvalue weighted by Gasteiger charge is -2.10. The molecule has 0 aliphatic carbocycles. The van der Waals surface area contributed by atoms with Crippen molar-refractivity contribution < 1.29 is 0 Å². The van der Waals surface area contributed by atoms with E-state index in [0.717, 1.165) is 25.2 Å². The van der Waals surface area contributed by atoms with Gasteiger partial charge in [0.05, 0.1) is 0 Å². The molecule has 0 bridgehead atoms. The fourth-order valence-electron chi connectivity index (χ4n) is 1.79. The summed E-state index contributed by atoms with van der Waals surface area (Å²) in [4.78, 5) is 6.80. The monoisotopic (exact) mass is 250 g/mol. The third kappa shape index (κ3) is 2.92. The molecule has 4 nitrogen and oxygen atoms in total. The second kappa shape index (κ2) is 5.42. The minimum absolute atomic E-state index is 0.0218. The Morgan fingerprint density at radius 2 is 2.29 bits per heavy atom. The van der Waals surface area contributed by atoms with Gasteiger partial charge in [-0.15, -0.1) is 11.3 Å². The minimum Gasteiger partial charge on any atom is -0.323 e. The fourth-order valence-corrected chi connectivity index (χ4v) is 2.67. The summed E-state index contributed by atoms with van der Waals surface area (Å²) < 4.78 is 1.94. The first-order chi connectivity index (χ1) is 8.20. The third-order valence-electron chi connectivity index (χ3n) is 2.66. The highest BCUT2D eigenvalue weighted by Gasteiger charge is 2.13. The average Bonchev–Trinajstić information content (AvgIpc) is 2.89. The lowest BCUT2D eigenvalue weighted by molar-refractivity contribution is 0.550. The molecule has 0 saturated carbocycles. The molecule has 0 fully saturated rings. The molecule has 5 heteroatoms. The van der Waals surface area contributed by atoms with E-state index < -0.39 is 0 Å². The van der Waals surface area contributed by atoms with Crippen LogP contribution in [0.5, 0.6) is 0 Å². The van der Waals surface area contributed by atoms with Gasteiger partial charge in [-0.1, -0.05) is 6.92 Å². The van der Waals surface area contributed by atoms with Crippen LogP contribution >= 0.6 is 11.3 Å². The number of rotatable bonds is 5. The smallest absolute Gasteiger partial charge is 0.138 e. The van der Waals surface area contributed by atoms with Crippen LogP contribution in [0.4, 0.5) is 0 Å². The molecule has 0 spiro atoms. The summed E-state index contributed by atoms with van der Waals surface area (Å²) in [6.45, 7) is 5.14. The number of aryl methyl sites for hydroxylation is 2. The maximum Gasteiger partial charge on any atom is 0.138 e. The molecule has 2 rings (SSSR count). The molecule has 0 amide bonds. The Kier molecular flexibility index (Phi) is 3.91. The van der Waals surface area contributed by atoms with Gasteiger partial charge < -0.3 is 5.73 Å². The number of hydrogen-bond donors (Lipinski definition) is 1. The van der Waals surface area contributed by atoms with Crippen molar-refractivity contribution in [1.29, 1.82) is 0 Å². The van der Waals surface area contributed by atoms with Gasteiger partial charge in [0.15, 0.2) is 0 Å². The first-order valence-electron chi connectivity index (χ1n) is 5.89. The second-order valence-corrected chi connectivity index (χ2v) is 5.48. The molecule has 92 valence electrons. The quantitative estimate of drug-likeness (QED) is 0.886. The van der Waals surface area contributed by atoms with Gasteiger partial charge in [-0.3, -0.25) is 4.68 Å². The predicted molar refractivity (Wildman–Crippen MR) is 70.0 cm³/mol. The Labute approximate surface area is 105 Å². The van der Waals surface area contributed by atoms with Crippen molar-refractivity contribution in [2.75, 3.05) is 0 Å². The van der Waals surface area contributed by atoms with Crippen molar-refractivity contribution in [2.45, 2.75) is 39.3 Å². The van der Waals surface area contributed by atoms with Gasteiger partial charge in [-0.2, -0.15) is 5.10 Å². The zero-order valence-electron chi connectivity index (χ0n) is 10.3. The van der Waals surface area contributed by atoms with E-state index in [1.807, 2.05) is 4.68 Å². The maximum absolute atomic E-state index is 6.19. The molecular weight excluding hydrogens is 232 g/mol. The van der Waals surface area contributed by atoms with Crippen molar-refractivity contribution >= 4 is 11.3 Å². The van der Waals surface area contributed by atoms with Crippen molar-refractivity contribution in [3.05, 3.63) is 34.0 Å². The molecule has 2 N–H and O–H groups in total. The molecule has 2 heterocycles. The van der Waals surface area contributed by atoms with Crippen LogP contribution in [0.15, 0.2) is 18.5 Å². The Balaban J connectivity index is 2.07. The van der Waals surface area contributed by atoms with E-state index in [4.69, 9.17) is 5.73 Å². The molecule has 1 atom stereocenters. The van der Waals surface area contributed by atoms with E-state index >= 15 is 0 Å². The van der Waals surface area contributed by atoms with E-state index in [1.54, 1.807) is 17.7 Å². The van der Waals surface area contributed by atoms with Gasteiger partial charge in [0.25, 0.3) is 0 Å². The van der Waals surface area contributed by atoms with E-state index in [0.29, 0.717) is 0 Å². The van der Waals surface area contributed by atoms with E-state index in [2.05, 4.69) is 36.1 Å². The van der Waals surface area contributed by atoms with E-state index in [1.165, 1.54) is 9.75 Å². The number of hydrogen-bond acceptors (Lipinski definition) is 4. The highest BCUT2D eigenvalue weighted by atomic mass is 32.1. The van der Waals surface area contributed by atoms with Crippen LogP contribution in [0, 0.1) is 6.92 Å². The number of thiophene rings is 1. The summed E-state index contributed by atoms with van der Waals surface area (Å²) in [7, 11) is 0. The number of aromatic nitrogens is 3. The van der Waals surface area contributed by atoms with E-state index in [9.17, 15) is 0 Å². The Morgan fingerprint density at radius 1 is 1.47 bits per heavy atom. The zero-order chi connectivity index (χ0) is 12.3. The normalized spacial score (nSPS) is 12.9. The van der Waals surface area contributed by atoms with Gasteiger partial charge in [-0.05, 0) is 25.5 Å². The van der Waals surface area contributed by atoms with Crippen LogP contribution in [0.25, 0.3) is 0 Å². The summed E-state index contributed by atoms with van der Waals surface area (Å²) in [6, 6.07) is 4.23. The van der Waals surface area contributed by atoms with Crippen LogP contribution in [0.3, 0.4) is 0 Å². The largest absolute Gasteiger partial charge is 0.323 e. The standard InChI is InChI=1S/C12H18N4S/c1-3-6-16-12(14-8-15-16)7-10(13)11-5-4-9(2)17-11/h4-5,8,10H,3,6-7,13H2,1-2H3. The van der Waals surface area contributed by atoms with Crippen LogP contribution in [-0.2, 0) is 13.0 Å². The fraction of sp³-hybridized carbons (Fsp3) is 0.500. The summed E-state index contributed by atoms with van der Waals surface area (Å²) in [6.07, 6.45) is 3.42. The van der Waals surface area contributed by atoms with E-state index in [-0.39, 0.29) is 6.04 Å². The minimum atomic E-state index is 0.0218.